The fourth-order valence-electron chi connectivity index (χ4n) is 2.22. The zero-order valence-corrected chi connectivity index (χ0v) is 12.5. The van der Waals surface area contributed by atoms with Crippen LogP contribution in [0.5, 0.6) is 5.75 Å². The summed E-state index contributed by atoms with van der Waals surface area (Å²) in [5.74, 6) is 0.277. The molecule has 0 atom stereocenters. The van der Waals surface area contributed by atoms with Crippen molar-refractivity contribution in [3.05, 3.63) is 52.5 Å². The second kappa shape index (κ2) is 6.06. The van der Waals surface area contributed by atoms with E-state index in [-0.39, 0.29) is 5.75 Å². The van der Waals surface area contributed by atoms with Gasteiger partial charge < -0.3 is 15.7 Å². The summed E-state index contributed by atoms with van der Waals surface area (Å²) in [6.07, 6.45) is 0. The van der Waals surface area contributed by atoms with E-state index < -0.39 is 0 Å². The highest BCUT2D eigenvalue weighted by Gasteiger charge is 2.10. The summed E-state index contributed by atoms with van der Waals surface area (Å²) in [5.41, 5.74) is 9.68. The maximum absolute atomic E-state index is 9.66. The van der Waals surface area contributed by atoms with Crippen molar-refractivity contribution in [1.29, 1.82) is 0 Å². The lowest BCUT2D eigenvalue weighted by Gasteiger charge is -2.25. The largest absolute Gasteiger partial charge is 0.508 e. The minimum Gasteiger partial charge on any atom is -0.508 e. The summed E-state index contributed by atoms with van der Waals surface area (Å²) >= 11 is 5.94. The first-order valence-corrected chi connectivity index (χ1v) is 6.97. The van der Waals surface area contributed by atoms with Gasteiger partial charge in [0.1, 0.15) is 5.75 Å². The molecule has 106 valence electrons. The Morgan fingerprint density at radius 2 is 1.95 bits per heavy atom. The van der Waals surface area contributed by atoms with E-state index in [1.165, 1.54) is 0 Å². The van der Waals surface area contributed by atoms with Crippen LogP contribution in [-0.2, 0) is 6.54 Å². The minimum atomic E-state index is 0.277. The molecular weight excluding hydrogens is 272 g/mol. The molecule has 4 heteroatoms. The first-order valence-electron chi connectivity index (χ1n) is 6.59. The normalized spacial score (nSPS) is 10.6. The van der Waals surface area contributed by atoms with Crippen LogP contribution in [0.25, 0.3) is 0 Å². The highest BCUT2D eigenvalue weighted by Crippen LogP contribution is 2.27. The maximum atomic E-state index is 9.66. The SMILES string of the molecule is CCN(Cc1ccc(Cl)c(N)c1)c1cc(O)ccc1C. The van der Waals surface area contributed by atoms with E-state index in [0.29, 0.717) is 10.7 Å². The van der Waals surface area contributed by atoms with E-state index in [1.807, 2.05) is 31.2 Å². The van der Waals surface area contributed by atoms with E-state index in [1.54, 1.807) is 12.1 Å². The Balaban J connectivity index is 2.28. The number of rotatable bonds is 4. The van der Waals surface area contributed by atoms with E-state index in [9.17, 15) is 5.11 Å². The Hall–Kier alpha value is -1.87. The number of aromatic hydroxyl groups is 1. The van der Waals surface area contributed by atoms with Gasteiger partial charge in [0.2, 0.25) is 0 Å². The van der Waals surface area contributed by atoms with Crippen molar-refractivity contribution in [2.45, 2.75) is 20.4 Å². The number of halogens is 1. The number of phenolic OH excluding ortho intramolecular Hbond substituents is 1. The molecule has 0 saturated heterocycles. The van der Waals surface area contributed by atoms with Gasteiger partial charge in [-0.25, -0.2) is 0 Å². The average Bonchev–Trinajstić information content (AvgIpc) is 2.43. The number of phenols is 1. The second-order valence-corrected chi connectivity index (χ2v) is 5.25. The van der Waals surface area contributed by atoms with Gasteiger partial charge in [-0.3, -0.25) is 0 Å². The van der Waals surface area contributed by atoms with Crippen molar-refractivity contribution in [3.63, 3.8) is 0 Å². The summed E-state index contributed by atoms with van der Waals surface area (Å²) in [5, 5.41) is 10.2. The molecule has 0 aliphatic rings. The first-order chi connectivity index (χ1) is 9.51. The zero-order valence-electron chi connectivity index (χ0n) is 11.7. The summed E-state index contributed by atoms with van der Waals surface area (Å²) in [6, 6.07) is 11.1. The van der Waals surface area contributed by atoms with Crippen LogP contribution < -0.4 is 10.6 Å². The number of nitrogens with two attached hydrogens (primary N) is 1. The third-order valence-electron chi connectivity index (χ3n) is 3.35. The summed E-state index contributed by atoms with van der Waals surface area (Å²) in [6.45, 7) is 5.69. The van der Waals surface area contributed by atoms with Gasteiger partial charge >= 0.3 is 0 Å². The second-order valence-electron chi connectivity index (χ2n) is 4.84. The molecular formula is C16H19ClN2O. The van der Waals surface area contributed by atoms with Crippen LogP contribution in [0.3, 0.4) is 0 Å². The van der Waals surface area contributed by atoms with Crippen molar-refractivity contribution >= 4 is 23.0 Å². The van der Waals surface area contributed by atoms with Crippen LogP contribution in [0.1, 0.15) is 18.1 Å². The lowest BCUT2D eigenvalue weighted by Crippen LogP contribution is -2.22. The van der Waals surface area contributed by atoms with Crippen molar-refractivity contribution in [1.82, 2.24) is 0 Å². The molecule has 0 fully saturated rings. The van der Waals surface area contributed by atoms with Gasteiger partial charge in [0.15, 0.2) is 0 Å². The fraction of sp³-hybridized carbons (Fsp3) is 0.250. The Bertz CT molecular complexity index is 613. The molecule has 0 heterocycles. The van der Waals surface area contributed by atoms with Crippen LogP contribution in [0.2, 0.25) is 5.02 Å². The fourth-order valence-corrected chi connectivity index (χ4v) is 2.34. The predicted octanol–water partition coefficient (Wildman–Crippen LogP) is 3.96. The molecule has 20 heavy (non-hydrogen) atoms. The molecule has 0 aromatic heterocycles. The highest BCUT2D eigenvalue weighted by atomic mass is 35.5. The lowest BCUT2D eigenvalue weighted by atomic mass is 10.1. The monoisotopic (exact) mass is 290 g/mol. The molecule has 3 nitrogen and oxygen atoms in total. The number of nitrogens with zero attached hydrogens (tertiary/aromatic N) is 1. The Morgan fingerprint density at radius 1 is 1.20 bits per heavy atom. The summed E-state index contributed by atoms with van der Waals surface area (Å²) in [7, 11) is 0. The molecule has 0 unspecified atom stereocenters. The molecule has 0 radical (unpaired) electrons. The number of nitrogen functional groups attached to an aromatic ring is 1. The summed E-state index contributed by atoms with van der Waals surface area (Å²) in [4.78, 5) is 2.19. The predicted molar refractivity (Wildman–Crippen MR) is 85.4 cm³/mol. The van der Waals surface area contributed by atoms with Crippen LogP contribution in [0.15, 0.2) is 36.4 Å². The number of hydrogen-bond acceptors (Lipinski definition) is 3. The van der Waals surface area contributed by atoms with E-state index in [4.69, 9.17) is 17.3 Å². The molecule has 2 rings (SSSR count). The molecule has 3 N–H and O–H groups in total. The smallest absolute Gasteiger partial charge is 0.117 e. The van der Waals surface area contributed by atoms with Crippen LogP contribution >= 0.6 is 11.6 Å². The zero-order chi connectivity index (χ0) is 14.7. The molecule has 0 aliphatic carbocycles. The molecule has 0 spiro atoms. The lowest BCUT2D eigenvalue weighted by molar-refractivity contribution is 0.475. The van der Waals surface area contributed by atoms with Crippen molar-refractivity contribution in [3.8, 4) is 5.75 Å². The Kier molecular flexibility index (Phi) is 4.40. The standard InChI is InChI=1S/C16H19ClN2O/c1-3-19(16-9-13(20)6-4-11(16)2)10-12-5-7-14(17)15(18)8-12/h4-9,20H,3,10,18H2,1-2H3. The molecule has 2 aromatic carbocycles. The van der Waals surface area contributed by atoms with E-state index >= 15 is 0 Å². The van der Waals surface area contributed by atoms with Crippen LogP contribution in [-0.4, -0.2) is 11.7 Å². The molecule has 0 amide bonds. The van der Waals surface area contributed by atoms with Crippen molar-refractivity contribution in [2.75, 3.05) is 17.2 Å². The van der Waals surface area contributed by atoms with Crippen molar-refractivity contribution < 1.29 is 5.11 Å². The third kappa shape index (κ3) is 3.17. The number of hydrogen-bond donors (Lipinski definition) is 2. The number of aryl methyl sites for hydroxylation is 1. The van der Waals surface area contributed by atoms with Gasteiger partial charge in [-0.15, -0.1) is 0 Å². The van der Waals surface area contributed by atoms with Crippen molar-refractivity contribution in [2.24, 2.45) is 0 Å². The molecule has 0 aliphatic heterocycles. The van der Waals surface area contributed by atoms with E-state index in [2.05, 4.69) is 11.8 Å². The molecule has 0 bridgehead atoms. The van der Waals surface area contributed by atoms with Crippen LogP contribution in [0.4, 0.5) is 11.4 Å². The molecule has 0 saturated carbocycles. The first kappa shape index (κ1) is 14.5. The minimum absolute atomic E-state index is 0.277. The van der Waals surface area contributed by atoms with Gasteiger partial charge in [-0.1, -0.05) is 23.7 Å². The number of anilines is 2. The van der Waals surface area contributed by atoms with Gasteiger partial charge in [0, 0.05) is 24.8 Å². The van der Waals surface area contributed by atoms with E-state index in [0.717, 1.165) is 29.9 Å². The third-order valence-corrected chi connectivity index (χ3v) is 3.69. The average molecular weight is 291 g/mol. The quantitative estimate of drug-likeness (QED) is 0.838. The highest BCUT2D eigenvalue weighted by molar-refractivity contribution is 6.33. The maximum Gasteiger partial charge on any atom is 0.117 e. The Morgan fingerprint density at radius 3 is 2.60 bits per heavy atom. The molecule has 2 aromatic rings. The van der Waals surface area contributed by atoms with Gasteiger partial charge in [0.25, 0.3) is 0 Å². The topological polar surface area (TPSA) is 49.5 Å². The summed E-state index contributed by atoms with van der Waals surface area (Å²) < 4.78 is 0. The Labute approximate surface area is 124 Å². The number of benzene rings is 2. The van der Waals surface area contributed by atoms with Gasteiger partial charge in [-0.05, 0) is 43.2 Å². The van der Waals surface area contributed by atoms with Crippen LogP contribution in [0, 0.1) is 6.92 Å². The van der Waals surface area contributed by atoms with Gasteiger partial charge in [0.05, 0.1) is 10.7 Å². The van der Waals surface area contributed by atoms with Gasteiger partial charge in [-0.2, -0.15) is 0 Å².